The molecule has 1 aromatic carbocycles. The van der Waals surface area contributed by atoms with Gasteiger partial charge in [0.2, 0.25) is 5.91 Å². The highest BCUT2D eigenvalue weighted by Crippen LogP contribution is 2.66. The average Bonchev–Trinajstić information content (AvgIpc) is 3.16. The molecule has 4 nitrogen and oxygen atoms in total. The summed E-state index contributed by atoms with van der Waals surface area (Å²) in [6.45, 7) is 7.36. The molecule has 3 aliphatic carbocycles. The maximum atomic E-state index is 12.8. The maximum Gasteiger partial charge on any atom is 0.222 e. The van der Waals surface area contributed by atoms with E-state index >= 15 is 0 Å². The fourth-order valence-corrected chi connectivity index (χ4v) is 8.46. The minimum absolute atomic E-state index is 0.0441. The fourth-order valence-electron chi connectivity index (χ4n) is 8.46. The zero-order valence-electron chi connectivity index (χ0n) is 19.4. The van der Waals surface area contributed by atoms with E-state index in [1.54, 1.807) is 0 Å². The molecule has 166 valence electrons. The van der Waals surface area contributed by atoms with Gasteiger partial charge in [-0.1, -0.05) is 33.3 Å². The number of amides is 1. The topological polar surface area (TPSA) is 53.3 Å². The molecule has 0 N–H and O–H groups in total. The summed E-state index contributed by atoms with van der Waals surface area (Å²) in [5.41, 5.74) is 1.18. The van der Waals surface area contributed by atoms with Crippen LogP contribution in [-0.4, -0.2) is 30.0 Å². The number of hydrogen-bond acceptors (Lipinski definition) is 3. The number of benzene rings is 1. The zero-order chi connectivity index (χ0) is 22.0. The first-order valence-corrected chi connectivity index (χ1v) is 12.2. The van der Waals surface area contributed by atoms with Crippen LogP contribution in [-0.2, 0) is 4.79 Å². The molecule has 1 heterocycles. The highest BCUT2D eigenvalue weighted by Gasteiger charge is 2.64. The number of ether oxygens (including phenoxy) is 1. The summed E-state index contributed by atoms with van der Waals surface area (Å²) in [6, 6.07) is 9.84. The number of piperidine rings is 1. The van der Waals surface area contributed by atoms with Crippen LogP contribution < -0.4 is 4.74 Å². The lowest BCUT2D eigenvalue weighted by Gasteiger charge is -2.65. The number of carbonyl (C=O) groups is 1. The summed E-state index contributed by atoms with van der Waals surface area (Å²) in [4.78, 5) is 14.8. The van der Waals surface area contributed by atoms with Crippen LogP contribution in [0.3, 0.4) is 0 Å². The Balaban J connectivity index is 1.57. The van der Waals surface area contributed by atoms with Crippen molar-refractivity contribution in [2.75, 3.05) is 7.05 Å². The second-order valence-corrected chi connectivity index (χ2v) is 11.4. The van der Waals surface area contributed by atoms with Gasteiger partial charge in [0.25, 0.3) is 0 Å². The van der Waals surface area contributed by atoms with E-state index in [0.29, 0.717) is 35.2 Å². The Morgan fingerprint density at radius 3 is 2.74 bits per heavy atom. The quantitative estimate of drug-likeness (QED) is 0.642. The molecule has 0 aromatic heterocycles. The monoisotopic (exact) mass is 420 g/mol. The molecular weight excluding hydrogens is 384 g/mol. The molecule has 1 amide bonds. The minimum Gasteiger partial charge on any atom is -0.488 e. The van der Waals surface area contributed by atoms with E-state index in [4.69, 9.17) is 4.74 Å². The summed E-state index contributed by atoms with van der Waals surface area (Å²) in [7, 11) is 1.99. The average molecular weight is 421 g/mol. The van der Waals surface area contributed by atoms with E-state index < -0.39 is 0 Å². The molecule has 0 bridgehead atoms. The van der Waals surface area contributed by atoms with Gasteiger partial charge < -0.3 is 9.64 Å². The molecule has 5 rings (SSSR count). The van der Waals surface area contributed by atoms with Crippen molar-refractivity contribution in [1.29, 1.82) is 5.26 Å². The number of rotatable bonds is 2. The van der Waals surface area contributed by atoms with Gasteiger partial charge in [-0.25, -0.2) is 0 Å². The Hall–Kier alpha value is -2.02. The van der Waals surface area contributed by atoms with Gasteiger partial charge in [-0.3, -0.25) is 4.79 Å². The molecule has 4 aliphatic rings. The molecule has 31 heavy (non-hydrogen) atoms. The summed E-state index contributed by atoms with van der Waals surface area (Å²) in [5.74, 6) is 3.45. The second kappa shape index (κ2) is 7.26. The molecule has 4 heteroatoms. The second-order valence-electron chi connectivity index (χ2n) is 11.4. The van der Waals surface area contributed by atoms with Gasteiger partial charge in [0.1, 0.15) is 11.9 Å². The molecule has 0 unspecified atom stereocenters. The van der Waals surface area contributed by atoms with Crippen LogP contribution in [0.5, 0.6) is 5.75 Å². The lowest BCUT2D eigenvalue weighted by molar-refractivity contribution is -0.191. The smallest absolute Gasteiger partial charge is 0.222 e. The van der Waals surface area contributed by atoms with Crippen molar-refractivity contribution in [2.24, 2.45) is 34.5 Å². The third-order valence-electron chi connectivity index (χ3n) is 10.00. The van der Waals surface area contributed by atoms with Gasteiger partial charge in [-0.2, -0.15) is 5.26 Å². The van der Waals surface area contributed by atoms with Gasteiger partial charge in [0.15, 0.2) is 0 Å². The van der Waals surface area contributed by atoms with Crippen molar-refractivity contribution < 1.29 is 9.53 Å². The molecule has 0 spiro atoms. The third-order valence-corrected chi connectivity index (χ3v) is 10.00. The van der Waals surface area contributed by atoms with Gasteiger partial charge in [-0.15, -0.1) is 0 Å². The maximum absolute atomic E-state index is 12.8. The van der Waals surface area contributed by atoms with E-state index in [1.165, 1.54) is 32.1 Å². The molecule has 3 saturated carbocycles. The predicted molar refractivity (Wildman–Crippen MR) is 120 cm³/mol. The van der Waals surface area contributed by atoms with Crippen molar-refractivity contribution in [1.82, 2.24) is 4.90 Å². The standard InChI is InChI=1S/C27H36N2O2/c1-17-23-20-9-6-12-26(20,2)13-10-21(23)27(3)14-11-22(30)29(4)25(27)24(17)31-19-8-5-7-18(15-19)16-28/h5,7-8,15,17,20-21,23-25H,6,9-14H2,1-4H3/t17-,20+,21+,23+,24-,25-,26+,27-/m1/s1. The SMILES string of the molecule is C[C@H]1[C@@H](Oc2cccc(C#N)c2)[C@H]2N(C)C(=O)CC[C@]2(C)[C@H]2CC[C@]3(C)CCC[C@H]3[C@H]12. The van der Waals surface area contributed by atoms with Crippen molar-refractivity contribution in [2.45, 2.75) is 77.9 Å². The number of nitrogens with zero attached hydrogens (tertiary/aromatic N) is 2. The van der Waals surface area contributed by atoms with Crippen LogP contribution in [0.1, 0.15) is 71.3 Å². The van der Waals surface area contributed by atoms with Crippen LogP contribution in [0.15, 0.2) is 24.3 Å². The van der Waals surface area contributed by atoms with Gasteiger partial charge >= 0.3 is 0 Å². The number of nitriles is 1. The van der Waals surface area contributed by atoms with Crippen molar-refractivity contribution in [3.63, 3.8) is 0 Å². The lowest BCUT2D eigenvalue weighted by Crippen LogP contribution is -2.69. The Kier molecular flexibility index (Phi) is 4.88. The van der Waals surface area contributed by atoms with Crippen LogP contribution >= 0.6 is 0 Å². The Morgan fingerprint density at radius 1 is 1.16 bits per heavy atom. The highest BCUT2D eigenvalue weighted by atomic mass is 16.5. The Labute approximate surface area is 186 Å². The molecule has 1 saturated heterocycles. The van der Waals surface area contributed by atoms with E-state index in [9.17, 15) is 10.1 Å². The first-order valence-electron chi connectivity index (χ1n) is 12.2. The summed E-state index contributed by atoms with van der Waals surface area (Å²) >= 11 is 0. The first-order chi connectivity index (χ1) is 14.8. The van der Waals surface area contributed by atoms with Crippen LogP contribution in [0.2, 0.25) is 0 Å². The zero-order valence-corrected chi connectivity index (χ0v) is 19.4. The number of likely N-dealkylation sites (N-methyl/N-ethyl adjacent to an activating group) is 1. The van der Waals surface area contributed by atoms with Gasteiger partial charge in [0.05, 0.1) is 17.7 Å². The Bertz CT molecular complexity index is 922. The van der Waals surface area contributed by atoms with Crippen LogP contribution in [0, 0.1) is 45.8 Å². The van der Waals surface area contributed by atoms with Gasteiger partial charge in [-0.05, 0) is 84.8 Å². The van der Waals surface area contributed by atoms with Crippen molar-refractivity contribution >= 4 is 5.91 Å². The van der Waals surface area contributed by atoms with E-state index in [0.717, 1.165) is 18.1 Å². The van der Waals surface area contributed by atoms with Crippen LogP contribution in [0.25, 0.3) is 0 Å². The molecule has 4 fully saturated rings. The van der Waals surface area contributed by atoms with Crippen LogP contribution in [0.4, 0.5) is 0 Å². The number of hydrogen-bond donors (Lipinski definition) is 0. The van der Waals surface area contributed by atoms with E-state index in [-0.39, 0.29) is 23.5 Å². The predicted octanol–water partition coefficient (Wildman–Crippen LogP) is 5.42. The number of fused-ring (bicyclic) bond motifs is 5. The van der Waals surface area contributed by atoms with Gasteiger partial charge in [0, 0.05) is 13.5 Å². The number of likely N-dealkylation sites (tertiary alicyclic amines) is 1. The lowest BCUT2D eigenvalue weighted by atomic mass is 9.44. The largest absolute Gasteiger partial charge is 0.488 e. The first kappa shape index (κ1) is 20.9. The normalized spacial score (nSPS) is 44.1. The summed E-state index contributed by atoms with van der Waals surface area (Å²) < 4.78 is 6.75. The van der Waals surface area contributed by atoms with Crippen molar-refractivity contribution in [3.05, 3.63) is 29.8 Å². The number of carbonyl (C=O) groups excluding carboxylic acids is 1. The molecule has 1 aliphatic heterocycles. The minimum atomic E-state index is -0.0441. The molecule has 8 atom stereocenters. The van der Waals surface area contributed by atoms with E-state index in [1.807, 2.05) is 36.2 Å². The fraction of sp³-hybridized carbons (Fsp3) is 0.704. The van der Waals surface area contributed by atoms with Crippen molar-refractivity contribution in [3.8, 4) is 11.8 Å². The Morgan fingerprint density at radius 2 is 1.97 bits per heavy atom. The summed E-state index contributed by atoms with van der Waals surface area (Å²) in [6.07, 6.45) is 8.25. The summed E-state index contributed by atoms with van der Waals surface area (Å²) in [5, 5.41) is 9.35. The highest BCUT2D eigenvalue weighted by molar-refractivity contribution is 5.77. The molecule has 0 radical (unpaired) electrons. The third kappa shape index (κ3) is 3.03. The van der Waals surface area contributed by atoms with E-state index in [2.05, 4.69) is 26.8 Å². The molecule has 1 aromatic rings. The molecular formula is C27H36N2O2.